The van der Waals surface area contributed by atoms with Crippen molar-refractivity contribution in [1.29, 1.82) is 0 Å². The fraction of sp³-hybridized carbons (Fsp3) is 0.476. The summed E-state index contributed by atoms with van der Waals surface area (Å²) in [6, 6.07) is 7.58. The number of imide groups is 1. The summed E-state index contributed by atoms with van der Waals surface area (Å²) in [5, 5.41) is 2.84. The molecule has 134 valence electrons. The lowest BCUT2D eigenvalue weighted by Gasteiger charge is -2.37. The second kappa shape index (κ2) is 5.53. The van der Waals surface area contributed by atoms with E-state index in [1.54, 1.807) is 0 Å². The number of nitrogens with zero attached hydrogens (tertiary/aromatic N) is 1. The minimum Gasteiger partial charge on any atom is -0.326 e. The molecule has 3 amide bonds. The number of anilines is 1. The smallest absolute Gasteiger partial charge is 0.233 e. The van der Waals surface area contributed by atoms with Gasteiger partial charge in [-0.2, -0.15) is 0 Å². The highest BCUT2D eigenvalue weighted by Crippen LogP contribution is 2.65. The van der Waals surface area contributed by atoms with E-state index in [-0.39, 0.29) is 54.4 Å². The molecule has 26 heavy (non-hydrogen) atoms. The van der Waals surface area contributed by atoms with Gasteiger partial charge in [-0.25, -0.2) is 0 Å². The van der Waals surface area contributed by atoms with E-state index in [0.29, 0.717) is 11.8 Å². The molecular formula is C21H22N2O3. The van der Waals surface area contributed by atoms with Gasteiger partial charge in [0.2, 0.25) is 17.7 Å². The van der Waals surface area contributed by atoms with Gasteiger partial charge in [0.15, 0.2) is 0 Å². The molecule has 0 radical (unpaired) electrons. The Labute approximate surface area is 152 Å². The maximum absolute atomic E-state index is 12.9. The number of rotatable bonds is 4. The Kier molecular flexibility index (Phi) is 3.36. The van der Waals surface area contributed by atoms with Crippen LogP contribution in [0.15, 0.2) is 36.4 Å². The maximum Gasteiger partial charge on any atom is 0.233 e. The van der Waals surface area contributed by atoms with Crippen LogP contribution in [0.3, 0.4) is 0 Å². The van der Waals surface area contributed by atoms with Crippen LogP contribution in [0.1, 0.15) is 18.4 Å². The quantitative estimate of drug-likeness (QED) is 0.670. The van der Waals surface area contributed by atoms with E-state index in [4.69, 9.17) is 0 Å². The normalized spacial score (nSPS) is 36.1. The van der Waals surface area contributed by atoms with Gasteiger partial charge in [0.1, 0.15) is 0 Å². The van der Waals surface area contributed by atoms with Gasteiger partial charge in [-0.05, 0) is 54.7 Å². The molecule has 0 spiro atoms. The Morgan fingerprint density at radius 3 is 2.38 bits per heavy atom. The van der Waals surface area contributed by atoms with Crippen LogP contribution in [0.25, 0.3) is 0 Å². The highest BCUT2D eigenvalue weighted by Gasteiger charge is 2.66. The molecule has 1 saturated heterocycles. The van der Waals surface area contributed by atoms with Crippen molar-refractivity contribution in [2.45, 2.75) is 19.8 Å². The van der Waals surface area contributed by atoms with Crippen molar-refractivity contribution < 1.29 is 14.4 Å². The molecule has 5 heteroatoms. The molecule has 4 aliphatic carbocycles. The summed E-state index contributed by atoms with van der Waals surface area (Å²) in [6.07, 6.45) is 5.63. The van der Waals surface area contributed by atoms with Crippen LogP contribution >= 0.6 is 0 Å². The highest BCUT2D eigenvalue weighted by molar-refractivity contribution is 6.06. The average molecular weight is 350 g/mol. The van der Waals surface area contributed by atoms with E-state index in [1.807, 2.05) is 31.2 Å². The third kappa shape index (κ3) is 2.26. The van der Waals surface area contributed by atoms with E-state index in [1.165, 1.54) is 4.90 Å². The topological polar surface area (TPSA) is 66.5 Å². The molecule has 1 aliphatic heterocycles. The summed E-state index contributed by atoms with van der Waals surface area (Å²) in [4.78, 5) is 39.3. The zero-order valence-corrected chi connectivity index (χ0v) is 14.7. The Morgan fingerprint density at radius 1 is 1.12 bits per heavy atom. The number of allylic oxidation sites excluding steroid dienone is 2. The van der Waals surface area contributed by atoms with Crippen molar-refractivity contribution in [3.8, 4) is 0 Å². The number of hydrogen-bond donors (Lipinski definition) is 1. The molecule has 0 unspecified atom stereocenters. The summed E-state index contributed by atoms with van der Waals surface area (Å²) in [5.74, 6) is 1.02. The number of carbonyl (C=O) groups excluding carboxylic acids is 3. The molecule has 3 fully saturated rings. The molecule has 0 aromatic heterocycles. The molecule has 1 aromatic rings. The van der Waals surface area contributed by atoms with E-state index in [2.05, 4.69) is 17.5 Å². The number of amides is 3. The molecule has 2 bridgehead atoms. The molecule has 1 N–H and O–H groups in total. The van der Waals surface area contributed by atoms with Crippen molar-refractivity contribution in [2.75, 3.05) is 11.9 Å². The predicted octanol–water partition coefficient (Wildman–Crippen LogP) is 2.38. The van der Waals surface area contributed by atoms with E-state index < -0.39 is 0 Å². The zero-order chi connectivity index (χ0) is 18.0. The fourth-order valence-electron chi connectivity index (χ4n) is 5.40. The highest BCUT2D eigenvalue weighted by atomic mass is 16.2. The predicted molar refractivity (Wildman–Crippen MR) is 95.8 cm³/mol. The van der Waals surface area contributed by atoms with Crippen molar-refractivity contribution in [3.05, 3.63) is 42.0 Å². The number of nitrogens with one attached hydrogen (secondary N) is 1. The van der Waals surface area contributed by atoms with Gasteiger partial charge < -0.3 is 5.32 Å². The molecular weight excluding hydrogens is 328 g/mol. The Balaban J connectivity index is 1.25. The molecule has 1 aromatic carbocycles. The first kappa shape index (κ1) is 15.8. The lowest BCUT2D eigenvalue weighted by molar-refractivity contribution is -0.140. The SMILES string of the molecule is Cc1cccc(NC(=O)CCN2C(=O)[C@@H]3[C@H]4C=C[C@@H]([C@@H]5C[C@@H]45)[C@@H]3C2=O)c1. The Morgan fingerprint density at radius 2 is 1.77 bits per heavy atom. The number of carbonyl (C=O) groups is 3. The molecule has 6 rings (SSSR count). The summed E-state index contributed by atoms with van der Waals surface area (Å²) < 4.78 is 0. The van der Waals surface area contributed by atoms with Gasteiger partial charge in [0, 0.05) is 18.7 Å². The largest absolute Gasteiger partial charge is 0.326 e. The van der Waals surface area contributed by atoms with Crippen molar-refractivity contribution >= 4 is 23.4 Å². The van der Waals surface area contributed by atoms with E-state index >= 15 is 0 Å². The number of aryl methyl sites for hydroxylation is 1. The second-order valence-corrected chi connectivity index (χ2v) is 8.15. The van der Waals surface area contributed by atoms with Gasteiger partial charge in [0.25, 0.3) is 0 Å². The number of likely N-dealkylation sites (tertiary alicyclic amines) is 1. The van der Waals surface area contributed by atoms with Crippen LogP contribution in [-0.2, 0) is 14.4 Å². The summed E-state index contributed by atoms with van der Waals surface area (Å²) in [5.41, 5.74) is 1.81. The lowest BCUT2D eigenvalue weighted by atomic mass is 9.63. The van der Waals surface area contributed by atoms with Crippen LogP contribution in [-0.4, -0.2) is 29.2 Å². The average Bonchev–Trinajstić information content (AvgIpc) is 3.39. The number of hydrogen-bond acceptors (Lipinski definition) is 3. The van der Waals surface area contributed by atoms with Crippen molar-refractivity contribution in [3.63, 3.8) is 0 Å². The first-order chi connectivity index (χ1) is 12.5. The van der Waals surface area contributed by atoms with Crippen LogP contribution < -0.4 is 5.32 Å². The maximum atomic E-state index is 12.9. The van der Waals surface area contributed by atoms with Crippen LogP contribution in [0.2, 0.25) is 0 Å². The van der Waals surface area contributed by atoms with Crippen LogP contribution in [0, 0.1) is 42.4 Å². The Bertz CT molecular complexity index is 809. The first-order valence-corrected chi connectivity index (χ1v) is 9.44. The van der Waals surface area contributed by atoms with Crippen LogP contribution in [0.4, 0.5) is 5.69 Å². The Hall–Kier alpha value is -2.43. The zero-order valence-electron chi connectivity index (χ0n) is 14.7. The summed E-state index contributed by atoms with van der Waals surface area (Å²) >= 11 is 0. The van der Waals surface area contributed by atoms with E-state index in [9.17, 15) is 14.4 Å². The molecule has 5 aliphatic rings. The van der Waals surface area contributed by atoms with Crippen molar-refractivity contribution in [2.24, 2.45) is 35.5 Å². The van der Waals surface area contributed by atoms with Gasteiger partial charge in [-0.3, -0.25) is 19.3 Å². The number of benzene rings is 1. The molecule has 2 saturated carbocycles. The van der Waals surface area contributed by atoms with E-state index in [0.717, 1.165) is 17.7 Å². The van der Waals surface area contributed by atoms with Crippen molar-refractivity contribution in [1.82, 2.24) is 4.90 Å². The van der Waals surface area contributed by atoms with Gasteiger partial charge >= 0.3 is 0 Å². The minimum atomic E-state index is -0.180. The monoisotopic (exact) mass is 350 g/mol. The minimum absolute atomic E-state index is 0.0620. The molecule has 5 nitrogen and oxygen atoms in total. The fourth-order valence-corrected chi connectivity index (χ4v) is 5.40. The van der Waals surface area contributed by atoms with Gasteiger partial charge in [-0.1, -0.05) is 24.3 Å². The third-order valence-corrected chi connectivity index (χ3v) is 6.62. The summed E-state index contributed by atoms with van der Waals surface area (Å²) in [6.45, 7) is 2.14. The summed E-state index contributed by atoms with van der Waals surface area (Å²) in [7, 11) is 0. The lowest BCUT2D eigenvalue weighted by Crippen LogP contribution is -2.40. The van der Waals surface area contributed by atoms with Crippen LogP contribution in [0.5, 0.6) is 0 Å². The first-order valence-electron chi connectivity index (χ1n) is 9.44. The standard InChI is InChI=1S/C21H22N2O3/c1-11-3-2-4-12(9-11)22-17(24)7-8-23-20(25)18-13-5-6-14(16-10-15(13)16)19(18)21(23)26/h2-6,9,13-16,18-19H,7-8,10H2,1H3,(H,22,24)/t13-,14-,15-,16-,18-,19+/m0/s1. The third-order valence-electron chi connectivity index (χ3n) is 6.62. The van der Waals surface area contributed by atoms with Gasteiger partial charge in [-0.15, -0.1) is 0 Å². The molecule has 1 heterocycles. The van der Waals surface area contributed by atoms with Gasteiger partial charge in [0.05, 0.1) is 11.8 Å². The molecule has 6 atom stereocenters. The second-order valence-electron chi connectivity index (χ2n) is 8.15.